The molecule has 0 aromatic heterocycles. The summed E-state index contributed by atoms with van der Waals surface area (Å²) in [6, 6.07) is 18.9. The molecule has 1 amide bonds. The number of carbonyl (C=O) groups is 1. The molecule has 39 heavy (non-hydrogen) atoms. The number of rotatable bonds is 7. The van der Waals surface area contributed by atoms with E-state index in [0.29, 0.717) is 28.6 Å². The fraction of sp³-hybridized carbons (Fsp3) is 0.290. The molecule has 0 N–H and O–H groups in total. The van der Waals surface area contributed by atoms with Gasteiger partial charge in [-0.25, -0.2) is 5.01 Å². The van der Waals surface area contributed by atoms with Crippen LogP contribution in [0.1, 0.15) is 46.8 Å². The van der Waals surface area contributed by atoms with Gasteiger partial charge < -0.3 is 18.9 Å². The van der Waals surface area contributed by atoms with Gasteiger partial charge in [-0.05, 0) is 94.4 Å². The van der Waals surface area contributed by atoms with Gasteiger partial charge in [0.2, 0.25) is 0 Å². The molecular formula is C31H31BrN2O5. The van der Waals surface area contributed by atoms with Gasteiger partial charge in [0.05, 0.1) is 45.8 Å². The van der Waals surface area contributed by atoms with Crippen molar-refractivity contribution in [2.45, 2.75) is 25.3 Å². The molecule has 0 spiro atoms. The lowest BCUT2D eigenvalue weighted by Crippen LogP contribution is -2.32. The van der Waals surface area contributed by atoms with Crippen LogP contribution in [0.25, 0.3) is 6.08 Å². The third kappa shape index (κ3) is 5.13. The number of halogens is 1. The molecule has 8 heteroatoms. The molecule has 1 heterocycles. The van der Waals surface area contributed by atoms with Crippen molar-refractivity contribution in [3.8, 4) is 23.0 Å². The first-order chi connectivity index (χ1) is 19.0. The standard InChI is InChI=1S/C31H31BrN2O5/c1-36-25-14-12-19(17-27(25)38-3)16-20-8-7-10-23-29(20)33-34(31(35)22-9-5-6-11-24(22)32)30(23)21-13-15-26(37-2)28(18-21)39-4/h5-6,9,11-18,23,30H,7-8,10H2,1-4H3/b20-16+. The monoisotopic (exact) mass is 590 g/mol. The number of hydrogen-bond acceptors (Lipinski definition) is 6. The van der Waals surface area contributed by atoms with E-state index in [1.54, 1.807) is 33.4 Å². The predicted octanol–water partition coefficient (Wildman–Crippen LogP) is 6.92. The molecule has 0 radical (unpaired) electrons. The van der Waals surface area contributed by atoms with E-state index >= 15 is 0 Å². The SMILES string of the molecule is COc1ccc(/C=C2\CCCC3C2=NN(C(=O)c2ccccc2Br)C3c2ccc(OC)c(OC)c2)cc1OC. The molecule has 1 aliphatic heterocycles. The van der Waals surface area contributed by atoms with Crippen molar-refractivity contribution < 1.29 is 23.7 Å². The fourth-order valence-electron chi connectivity index (χ4n) is 5.44. The van der Waals surface area contributed by atoms with E-state index in [9.17, 15) is 4.79 Å². The Balaban J connectivity index is 1.60. The molecule has 5 rings (SSSR count). The zero-order valence-corrected chi connectivity index (χ0v) is 24.0. The Morgan fingerprint density at radius 1 is 0.897 bits per heavy atom. The predicted molar refractivity (Wildman–Crippen MR) is 155 cm³/mol. The van der Waals surface area contributed by atoms with Crippen LogP contribution in [0.3, 0.4) is 0 Å². The smallest absolute Gasteiger partial charge is 0.275 e. The van der Waals surface area contributed by atoms with Crippen molar-refractivity contribution in [2.75, 3.05) is 28.4 Å². The summed E-state index contributed by atoms with van der Waals surface area (Å²) >= 11 is 3.55. The molecule has 202 valence electrons. The Morgan fingerprint density at radius 3 is 2.26 bits per heavy atom. The molecule has 2 atom stereocenters. The van der Waals surface area contributed by atoms with Gasteiger partial charge in [0.1, 0.15) is 0 Å². The number of carbonyl (C=O) groups excluding carboxylic acids is 1. The summed E-state index contributed by atoms with van der Waals surface area (Å²) in [4.78, 5) is 14.0. The van der Waals surface area contributed by atoms with Crippen LogP contribution in [-0.4, -0.2) is 45.1 Å². The topological polar surface area (TPSA) is 69.6 Å². The molecule has 3 aromatic rings. The lowest BCUT2D eigenvalue weighted by Gasteiger charge is -2.30. The molecule has 1 aliphatic carbocycles. The number of fused-ring (bicyclic) bond motifs is 1. The number of allylic oxidation sites excluding steroid dienone is 1. The second-order valence-electron chi connectivity index (χ2n) is 9.46. The summed E-state index contributed by atoms with van der Waals surface area (Å²) in [5, 5.41) is 6.67. The van der Waals surface area contributed by atoms with E-state index in [0.717, 1.165) is 46.1 Å². The normalized spacial score (nSPS) is 19.4. The van der Waals surface area contributed by atoms with Crippen molar-refractivity contribution in [3.63, 3.8) is 0 Å². The van der Waals surface area contributed by atoms with E-state index in [4.69, 9.17) is 24.0 Å². The molecule has 1 fully saturated rings. The minimum absolute atomic E-state index is 0.0367. The summed E-state index contributed by atoms with van der Waals surface area (Å²) in [6.07, 6.45) is 4.93. The number of nitrogens with zero attached hydrogens (tertiary/aromatic N) is 2. The van der Waals surface area contributed by atoms with Crippen molar-refractivity contribution in [2.24, 2.45) is 11.0 Å². The number of ether oxygens (including phenoxy) is 4. The summed E-state index contributed by atoms with van der Waals surface area (Å²) in [7, 11) is 6.49. The van der Waals surface area contributed by atoms with Crippen LogP contribution < -0.4 is 18.9 Å². The van der Waals surface area contributed by atoms with Crippen molar-refractivity contribution >= 4 is 33.6 Å². The summed E-state index contributed by atoms with van der Waals surface area (Å²) < 4.78 is 22.7. The third-order valence-corrected chi connectivity index (χ3v) is 8.00. The van der Waals surface area contributed by atoms with E-state index in [-0.39, 0.29) is 17.9 Å². The lowest BCUT2D eigenvalue weighted by atomic mass is 9.77. The van der Waals surface area contributed by atoms with Crippen LogP contribution in [0, 0.1) is 5.92 Å². The largest absolute Gasteiger partial charge is 0.493 e. The number of benzene rings is 3. The van der Waals surface area contributed by atoms with Crippen LogP contribution in [-0.2, 0) is 0 Å². The highest BCUT2D eigenvalue weighted by molar-refractivity contribution is 9.10. The summed E-state index contributed by atoms with van der Waals surface area (Å²) in [5.41, 5.74) is 4.56. The zero-order chi connectivity index (χ0) is 27.5. The van der Waals surface area contributed by atoms with Gasteiger partial charge in [-0.3, -0.25) is 4.79 Å². The maximum absolute atomic E-state index is 14.0. The highest BCUT2D eigenvalue weighted by atomic mass is 79.9. The van der Waals surface area contributed by atoms with E-state index in [1.807, 2.05) is 60.7 Å². The average Bonchev–Trinajstić information content (AvgIpc) is 3.37. The minimum Gasteiger partial charge on any atom is -0.493 e. The molecular weight excluding hydrogens is 560 g/mol. The maximum Gasteiger partial charge on any atom is 0.275 e. The second kappa shape index (κ2) is 11.5. The maximum atomic E-state index is 14.0. The van der Waals surface area contributed by atoms with Crippen LogP contribution in [0.4, 0.5) is 0 Å². The van der Waals surface area contributed by atoms with Gasteiger partial charge in [0.15, 0.2) is 23.0 Å². The summed E-state index contributed by atoms with van der Waals surface area (Å²) in [5.74, 6) is 2.49. The highest BCUT2D eigenvalue weighted by Crippen LogP contribution is 2.46. The molecule has 2 aliphatic rings. The quantitative estimate of drug-likeness (QED) is 0.299. The molecule has 3 aromatic carbocycles. The van der Waals surface area contributed by atoms with Gasteiger partial charge in [-0.15, -0.1) is 0 Å². The third-order valence-electron chi connectivity index (χ3n) is 7.31. The number of hydrazone groups is 1. The average molecular weight is 592 g/mol. The Morgan fingerprint density at radius 2 is 1.56 bits per heavy atom. The van der Waals surface area contributed by atoms with Crippen molar-refractivity contribution in [1.29, 1.82) is 0 Å². The minimum atomic E-state index is -0.284. The van der Waals surface area contributed by atoms with E-state index in [2.05, 4.69) is 22.0 Å². The lowest BCUT2D eigenvalue weighted by molar-refractivity contribution is 0.0679. The van der Waals surface area contributed by atoms with Crippen molar-refractivity contribution in [3.05, 3.63) is 87.4 Å². The molecule has 2 unspecified atom stereocenters. The molecule has 1 saturated carbocycles. The first kappa shape index (κ1) is 26.8. The van der Waals surface area contributed by atoms with E-state index in [1.165, 1.54) is 0 Å². The molecule has 0 bridgehead atoms. The first-order valence-corrected chi connectivity index (χ1v) is 13.6. The van der Waals surface area contributed by atoms with Gasteiger partial charge in [-0.2, -0.15) is 5.10 Å². The number of methoxy groups -OCH3 is 4. The zero-order valence-electron chi connectivity index (χ0n) is 22.4. The van der Waals surface area contributed by atoms with Crippen LogP contribution in [0.2, 0.25) is 0 Å². The highest BCUT2D eigenvalue weighted by Gasteiger charge is 2.44. The fourth-order valence-corrected chi connectivity index (χ4v) is 5.89. The summed E-state index contributed by atoms with van der Waals surface area (Å²) in [6.45, 7) is 0. The second-order valence-corrected chi connectivity index (χ2v) is 10.3. The Bertz CT molecular complexity index is 1450. The van der Waals surface area contributed by atoms with Crippen LogP contribution in [0.5, 0.6) is 23.0 Å². The van der Waals surface area contributed by atoms with Crippen LogP contribution >= 0.6 is 15.9 Å². The molecule has 7 nitrogen and oxygen atoms in total. The van der Waals surface area contributed by atoms with Gasteiger partial charge in [0.25, 0.3) is 5.91 Å². The first-order valence-electron chi connectivity index (χ1n) is 12.8. The Kier molecular flexibility index (Phi) is 7.93. The number of amides is 1. The van der Waals surface area contributed by atoms with Crippen LogP contribution in [0.15, 0.2) is 75.8 Å². The van der Waals surface area contributed by atoms with Crippen molar-refractivity contribution in [1.82, 2.24) is 5.01 Å². The Hall–Kier alpha value is -3.78. The number of hydrogen-bond donors (Lipinski definition) is 0. The molecule has 0 saturated heterocycles. The van der Waals surface area contributed by atoms with E-state index < -0.39 is 0 Å². The van der Waals surface area contributed by atoms with Gasteiger partial charge in [0, 0.05) is 10.4 Å². The van der Waals surface area contributed by atoms with Gasteiger partial charge in [-0.1, -0.05) is 24.3 Å². The van der Waals surface area contributed by atoms with Gasteiger partial charge >= 0.3 is 0 Å². The Labute approximate surface area is 237 Å².